The molecule has 3 rings (SSSR count). The fourth-order valence-corrected chi connectivity index (χ4v) is 3.46. The van der Waals surface area contributed by atoms with E-state index in [0.29, 0.717) is 29.2 Å². The Bertz CT molecular complexity index is 1160. The van der Waals surface area contributed by atoms with E-state index in [9.17, 15) is 9.59 Å². The molecule has 8 heteroatoms. The summed E-state index contributed by atoms with van der Waals surface area (Å²) >= 11 is 3.42. The summed E-state index contributed by atoms with van der Waals surface area (Å²) in [7, 11) is 1.56. The Hall–Kier alpha value is -3.65. The van der Waals surface area contributed by atoms with Crippen LogP contribution in [-0.2, 0) is 11.4 Å². The molecular formula is C27H28BrN3O4. The lowest BCUT2D eigenvalue weighted by atomic mass is 10.0. The lowest BCUT2D eigenvalue weighted by Gasteiger charge is -2.20. The van der Waals surface area contributed by atoms with Crippen LogP contribution in [0.1, 0.15) is 35.3 Å². The SMILES string of the molecule is COc1ccc(C(=O)NC(C(=O)NN=Cc2ccccc2OCc2ccc(Br)cc2)C(C)C)cc1. The van der Waals surface area contributed by atoms with E-state index in [4.69, 9.17) is 9.47 Å². The van der Waals surface area contributed by atoms with E-state index in [1.165, 1.54) is 6.21 Å². The standard InChI is InChI=1S/C27H28BrN3O4/c1-18(2)25(30-26(32)20-10-14-23(34-3)15-11-20)27(33)31-29-16-21-6-4-5-7-24(21)35-17-19-8-12-22(28)13-9-19/h4-16,18,25H,17H2,1-3H3,(H,30,32)(H,31,33). The van der Waals surface area contributed by atoms with Gasteiger partial charge in [0.05, 0.1) is 13.3 Å². The van der Waals surface area contributed by atoms with E-state index in [1.54, 1.807) is 31.4 Å². The second-order valence-corrected chi connectivity index (χ2v) is 9.03. The minimum absolute atomic E-state index is 0.145. The number of carbonyl (C=O) groups excluding carboxylic acids is 2. The third kappa shape index (κ3) is 7.68. The molecule has 0 radical (unpaired) electrons. The van der Waals surface area contributed by atoms with E-state index < -0.39 is 11.9 Å². The molecular weight excluding hydrogens is 510 g/mol. The Morgan fingerprint density at radius 3 is 2.34 bits per heavy atom. The molecule has 0 fully saturated rings. The maximum absolute atomic E-state index is 12.8. The van der Waals surface area contributed by atoms with E-state index in [-0.39, 0.29) is 11.8 Å². The number of nitrogens with one attached hydrogen (secondary N) is 2. The number of hydrogen-bond donors (Lipinski definition) is 2. The van der Waals surface area contributed by atoms with Crippen LogP contribution in [0.3, 0.4) is 0 Å². The van der Waals surface area contributed by atoms with Crippen LogP contribution in [0, 0.1) is 5.92 Å². The van der Waals surface area contributed by atoms with Crippen LogP contribution in [0.5, 0.6) is 11.5 Å². The van der Waals surface area contributed by atoms with Gasteiger partial charge in [-0.2, -0.15) is 5.10 Å². The number of hydrogen-bond acceptors (Lipinski definition) is 5. The van der Waals surface area contributed by atoms with E-state index in [0.717, 1.165) is 10.0 Å². The summed E-state index contributed by atoms with van der Waals surface area (Å²) in [5.41, 5.74) is 4.71. The Kier molecular flexibility index (Phi) is 9.43. The highest BCUT2D eigenvalue weighted by Gasteiger charge is 2.24. The second kappa shape index (κ2) is 12.7. The molecule has 182 valence electrons. The molecule has 0 saturated carbocycles. The molecule has 1 unspecified atom stereocenters. The van der Waals surface area contributed by atoms with Crippen molar-refractivity contribution in [3.05, 3.63) is 94.0 Å². The molecule has 0 bridgehead atoms. The molecule has 0 aliphatic carbocycles. The van der Waals surface area contributed by atoms with Crippen molar-refractivity contribution >= 4 is 34.0 Å². The van der Waals surface area contributed by atoms with Crippen molar-refractivity contribution < 1.29 is 19.1 Å². The molecule has 0 saturated heterocycles. The van der Waals surface area contributed by atoms with Crippen LogP contribution in [0.25, 0.3) is 0 Å². The van der Waals surface area contributed by atoms with Crippen molar-refractivity contribution in [2.45, 2.75) is 26.5 Å². The van der Waals surface area contributed by atoms with Gasteiger partial charge in [0.1, 0.15) is 24.1 Å². The van der Waals surface area contributed by atoms with Crippen LogP contribution < -0.4 is 20.2 Å². The predicted octanol–water partition coefficient (Wildman–Crippen LogP) is 4.94. The summed E-state index contributed by atoms with van der Waals surface area (Å²) in [5.74, 6) is 0.384. The first-order valence-corrected chi connectivity index (χ1v) is 11.9. The van der Waals surface area contributed by atoms with Gasteiger partial charge in [0.2, 0.25) is 0 Å². The van der Waals surface area contributed by atoms with E-state index in [2.05, 4.69) is 31.8 Å². The summed E-state index contributed by atoms with van der Waals surface area (Å²) < 4.78 is 12.1. The molecule has 2 N–H and O–H groups in total. The number of carbonyl (C=O) groups is 2. The lowest BCUT2D eigenvalue weighted by molar-refractivity contribution is -0.123. The van der Waals surface area contributed by atoms with Gasteiger partial charge in [-0.3, -0.25) is 9.59 Å². The smallest absolute Gasteiger partial charge is 0.262 e. The molecule has 35 heavy (non-hydrogen) atoms. The Morgan fingerprint density at radius 1 is 1.00 bits per heavy atom. The Morgan fingerprint density at radius 2 is 1.69 bits per heavy atom. The van der Waals surface area contributed by atoms with Crippen molar-refractivity contribution in [1.82, 2.24) is 10.7 Å². The normalized spacial score (nSPS) is 11.8. The number of methoxy groups -OCH3 is 1. The van der Waals surface area contributed by atoms with Gasteiger partial charge in [0, 0.05) is 15.6 Å². The van der Waals surface area contributed by atoms with Crippen LogP contribution in [0.2, 0.25) is 0 Å². The zero-order valence-corrected chi connectivity index (χ0v) is 21.4. The van der Waals surface area contributed by atoms with Crippen LogP contribution in [0.15, 0.2) is 82.4 Å². The number of ether oxygens (including phenoxy) is 2. The molecule has 0 aliphatic heterocycles. The highest BCUT2D eigenvalue weighted by molar-refractivity contribution is 9.10. The van der Waals surface area contributed by atoms with Gasteiger partial charge in [-0.15, -0.1) is 0 Å². The van der Waals surface area contributed by atoms with E-state index >= 15 is 0 Å². The van der Waals surface area contributed by atoms with Crippen molar-refractivity contribution in [3.8, 4) is 11.5 Å². The maximum atomic E-state index is 12.8. The van der Waals surface area contributed by atoms with Gasteiger partial charge >= 0.3 is 0 Å². The predicted molar refractivity (Wildman–Crippen MR) is 140 cm³/mol. The highest BCUT2D eigenvalue weighted by atomic mass is 79.9. The average molecular weight is 538 g/mol. The molecule has 2 amide bonds. The Labute approximate surface area is 213 Å². The first-order chi connectivity index (χ1) is 16.9. The van der Waals surface area contributed by atoms with Gasteiger partial charge in [-0.05, 0) is 60.0 Å². The zero-order valence-electron chi connectivity index (χ0n) is 19.8. The molecule has 3 aromatic carbocycles. The summed E-state index contributed by atoms with van der Waals surface area (Å²) in [6.45, 7) is 4.11. The summed E-state index contributed by atoms with van der Waals surface area (Å²) in [5, 5.41) is 6.87. The zero-order chi connectivity index (χ0) is 25.2. The molecule has 3 aromatic rings. The van der Waals surface area contributed by atoms with Gasteiger partial charge in [-0.1, -0.05) is 54.0 Å². The third-order valence-electron chi connectivity index (χ3n) is 5.19. The fraction of sp³-hybridized carbons (Fsp3) is 0.222. The highest BCUT2D eigenvalue weighted by Crippen LogP contribution is 2.19. The van der Waals surface area contributed by atoms with Crippen molar-refractivity contribution in [3.63, 3.8) is 0 Å². The van der Waals surface area contributed by atoms with Crippen molar-refractivity contribution in [2.24, 2.45) is 11.0 Å². The first kappa shape index (κ1) is 26.0. The third-order valence-corrected chi connectivity index (χ3v) is 5.72. The number of benzene rings is 3. The Balaban J connectivity index is 1.61. The van der Waals surface area contributed by atoms with Crippen molar-refractivity contribution in [1.29, 1.82) is 0 Å². The van der Waals surface area contributed by atoms with Crippen molar-refractivity contribution in [2.75, 3.05) is 7.11 Å². The fourth-order valence-electron chi connectivity index (χ4n) is 3.20. The molecule has 0 aliphatic rings. The van der Waals surface area contributed by atoms with E-state index in [1.807, 2.05) is 62.4 Å². The summed E-state index contributed by atoms with van der Waals surface area (Å²) in [6, 6.07) is 21.2. The largest absolute Gasteiger partial charge is 0.497 e. The van der Waals surface area contributed by atoms with Crippen LogP contribution in [-0.4, -0.2) is 31.2 Å². The minimum Gasteiger partial charge on any atom is -0.497 e. The molecule has 0 heterocycles. The topological polar surface area (TPSA) is 89.0 Å². The lowest BCUT2D eigenvalue weighted by Crippen LogP contribution is -2.48. The molecule has 0 aromatic heterocycles. The summed E-state index contributed by atoms with van der Waals surface area (Å²) in [6.07, 6.45) is 1.53. The number of rotatable bonds is 10. The summed E-state index contributed by atoms with van der Waals surface area (Å²) in [4.78, 5) is 25.4. The molecule has 0 spiro atoms. The van der Waals surface area contributed by atoms with Gasteiger partial charge in [0.25, 0.3) is 11.8 Å². The number of para-hydroxylation sites is 1. The number of amides is 2. The number of nitrogens with zero attached hydrogens (tertiary/aromatic N) is 1. The number of halogens is 1. The van der Waals surface area contributed by atoms with Crippen LogP contribution >= 0.6 is 15.9 Å². The first-order valence-electron chi connectivity index (χ1n) is 11.1. The monoisotopic (exact) mass is 537 g/mol. The molecule has 1 atom stereocenters. The maximum Gasteiger partial charge on any atom is 0.262 e. The minimum atomic E-state index is -0.759. The number of hydrazone groups is 1. The van der Waals surface area contributed by atoms with Gasteiger partial charge < -0.3 is 14.8 Å². The average Bonchev–Trinajstić information content (AvgIpc) is 2.87. The van der Waals surface area contributed by atoms with Gasteiger partial charge in [0.15, 0.2) is 0 Å². The second-order valence-electron chi connectivity index (χ2n) is 8.11. The quantitative estimate of drug-likeness (QED) is 0.283. The molecule has 7 nitrogen and oxygen atoms in total. The van der Waals surface area contributed by atoms with Crippen LogP contribution in [0.4, 0.5) is 0 Å². The van der Waals surface area contributed by atoms with Gasteiger partial charge in [-0.25, -0.2) is 5.43 Å².